The summed E-state index contributed by atoms with van der Waals surface area (Å²) in [4.78, 5) is 10.8. The second-order valence-corrected chi connectivity index (χ2v) is 4.41. The van der Waals surface area contributed by atoms with Crippen molar-refractivity contribution in [2.45, 2.75) is 12.5 Å². The van der Waals surface area contributed by atoms with E-state index in [4.69, 9.17) is 10.8 Å². The van der Waals surface area contributed by atoms with Gasteiger partial charge in [-0.1, -0.05) is 0 Å². The van der Waals surface area contributed by atoms with Crippen molar-refractivity contribution in [1.82, 2.24) is 0 Å². The highest BCUT2D eigenvalue weighted by Gasteiger charge is 2.30. The fraction of sp³-hybridized carbons (Fsp3) is 0.222. The molecule has 0 saturated heterocycles. The Morgan fingerprint density at radius 3 is 2.57 bits per heavy atom. The van der Waals surface area contributed by atoms with Gasteiger partial charge in [-0.2, -0.15) is 0 Å². The lowest BCUT2D eigenvalue weighted by Gasteiger charge is -2.19. The van der Waals surface area contributed by atoms with E-state index in [1.807, 2.05) is 22.6 Å². The van der Waals surface area contributed by atoms with Crippen LogP contribution in [0.5, 0.6) is 0 Å². The summed E-state index contributed by atoms with van der Waals surface area (Å²) in [6.07, 6.45) is 0. The minimum absolute atomic E-state index is 0.259. The summed E-state index contributed by atoms with van der Waals surface area (Å²) in [5.41, 5.74) is 4.25. The van der Waals surface area contributed by atoms with Crippen LogP contribution >= 0.6 is 22.6 Å². The molecule has 0 radical (unpaired) electrons. The molecule has 0 aliphatic carbocycles. The molecule has 0 aliphatic rings. The Labute approximate surface area is 94.2 Å². The molecule has 0 aliphatic heterocycles. The zero-order chi connectivity index (χ0) is 10.9. The number of aliphatic carboxylic acids is 1. The Hall–Kier alpha value is -0.690. The summed E-state index contributed by atoms with van der Waals surface area (Å²) in [5, 5.41) is 8.83. The topological polar surface area (TPSA) is 63.3 Å². The van der Waals surface area contributed by atoms with Crippen LogP contribution in [-0.4, -0.2) is 11.1 Å². The molecule has 1 rings (SSSR count). The highest BCUT2D eigenvalue weighted by atomic mass is 127. The third-order valence-electron chi connectivity index (χ3n) is 1.91. The number of nitrogens with two attached hydrogens (primary N) is 1. The predicted molar refractivity (Wildman–Crippen MR) is 58.3 cm³/mol. The smallest absolute Gasteiger partial charge is 0.328 e. The van der Waals surface area contributed by atoms with Crippen LogP contribution < -0.4 is 5.73 Å². The van der Waals surface area contributed by atoms with E-state index in [9.17, 15) is 9.18 Å². The van der Waals surface area contributed by atoms with Crippen LogP contribution in [0.15, 0.2) is 18.2 Å². The van der Waals surface area contributed by atoms with Gasteiger partial charge in [0.1, 0.15) is 11.4 Å². The van der Waals surface area contributed by atoms with Gasteiger partial charge in [0.25, 0.3) is 0 Å². The van der Waals surface area contributed by atoms with Crippen molar-refractivity contribution >= 4 is 28.6 Å². The summed E-state index contributed by atoms with van der Waals surface area (Å²) in [7, 11) is 0. The van der Waals surface area contributed by atoms with Gasteiger partial charge in [0.15, 0.2) is 0 Å². The molecular weight excluding hydrogens is 300 g/mol. The summed E-state index contributed by atoms with van der Waals surface area (Å²) >= 11 is 1.91. The Morgan fingerprint density at radius 2 is 2.14 bits per heavy atom. The quantitative estimate of drug-likeness (QED) is 0.817. The van der Waals surface area contributed by atoms with Crippen molar-refractivity contribution in [3.63, 3.8) is 0 Å². The number of benzene rings is 1. The van der Waals surface area contributed by atoms with E-state index in [-0.39, 0.29) is 5.56 Å². The molecule has 0 aromatic heterocycles. The molecule has 1 atom stereocenters. The lowest BCUT2D eigenvalue weighted by atomic mass is 9.93. The lowest BCUT2D eigenvalue weighted by Crippen LogP contribution is -2.41. The molecule has 0 saturated carbocycles. The van der Waals surface area contributed by atoms with Crippen LogP contribution in [0.25, 0.3) is 0 Å². The van der Waals surface area contributed by atoms with E-state index in [0.717, 1.165) is 6.07 Å². The van der Waals surface area contributed by atoms with Gasteiger partial charge in [-0.15, -0.1) is 0 Å². The molecule has 0 unspecified atom stereocenters. The second-order valence-electron chi connectivity index (χ2n) is 3.17. The van der Waals surface area contributed by atoms with Crippen LogP contribution in [0.3, 0.4) is 0 Å². The molecule has 1 aromatic rings. The summed E-state index contributed by atoms with van der Waals surface area (Å²) in [6, 6.07) is 4.00. The van der Waals surface area contributed by atoms with E-state index in [1.165, 1.54) is 13.0 Å². The van der Waals surface area contributed by atoms with E-state index in [0.29, 0.717) is 3.57 Å². The maximum Gasteiger partial charge on any atom is 0.328 e. The average molecular weight is 309 g/mol. The molecule has 0 fully saturated rings. The van der Waals surface area contributed by atoms with Gasteiger partial charge in [-0.3, -0.25) is 0 Å². The third-order valence-corrected chi connectivity index (χ3v) is 2.53. The standard InChI is InChI=1S/C9H9FINO2/c1-9(12,8(13)14)5-2-6(10)4-7(11)3-5/h2-4H,12H2,1H3,(H,13,14)/t9-/m1/s1. The van der Waals surface area contributed by atoms with Gasteiger partial charge in [0.2, 0.25) is 0 Å². The van der Waals surface area contributed by atoms with Crippen molar-refractivity contribution in [3.8, 4) is 0 Å². The van der Waals surface area contributed by atoms with E-state index in [2.05, 4.69) is 0 Å². The third kappa shape index (κ3) is 2.21. The van der Waals surface area contributed by atoms with Crippen molar-refractivity contribution in [2.75, 3.05) is 0 Å². The van der Waals surface area contributed by atoms with Crippen LogP contribution in [0.4, 0.5) is 4.39 Å². The van der Waals surface area contributed by atoms with Crippen molar-refractivity contribution in [2.24, 2.45) is 5.73 Å². The SMILES string of the molecule is C[C@](N)(C(=O)O)c1cc(F)cc(I)c1. The van der Waals surface area contributed by atoms with Gasteiger partial charge < -0.3 is 10.8 Å². The Bertz CT molecular complexity index is 359. The van der Waals surface area contributed by atoms with Gasteiger partial charge in [-0.25, -0.2) is 9.18 Å². The molecule has 0 bridgehead atoms. The fourth-order valence-electron chi connectivity index (χ4n) is 0.977. The van der Waals surface area contributed by atoms with E-state index in [1.54, 1.807) is 6.07 Å². The highest BCUT2D eigenvalue weighted by Crippen LogP contribution is 2.21. The fourth-order valence-corrected chi connectivity index (χ4v) is 1.61. The zero-order valence-corrected chi connectivity index (χ0v) is 9.58. The second kappa shape index (κ2) is 3.82. The molecular formula is C9H9FINO2. The Balaban J connectivity index is 3.25. The zero-order valence-electron chi connectivity index (χ0n) is 7.42. The number of halogens is 2. The lowest BCUT2D eigenvalue weighted by molar-refractivity contribution is -0.143. The largest absolute Gasteiger partial charge is 0.480 e. The Kier molecular flexibility index (Phi) is 3.10. The number of hydrogen-bond acceptors (Lipinski definition) is 2. The van der Waals surface area contributed by atoms with Crippen molar-refractivity contribution in [3.05, 3.63) is 33.1 Å². The van der Waals surface area contributed by atoms with Crippen molar-refractivity contribution in [1.29, 1.82) is 0 Å². The maximum atomic E-state index is 13.0. The first-order valence-corrected chi connectivity index (χ1v) is 4.91. The Morgan fingerprint density at radius 1 is 1.57 bits per heavy atom. The number of carbonyl (C=O) groups is 1. The molecule has 1 aromatic carbocycles. The molecule has 14 heavy (non-hydrogen) atoms. The average Bonchev–Trinajstić information content (AvgIpc) is 2.01. The molecule has 0 heterocycles. The number of carboxylic acid groups (broad SMARTS) is 1. The summed E-state index contributed by atoms with van der Waals surface area (Å²) in [5.74, 6) is -1.66. The van der Waals surface area contributed by atoms with Gasteiger partial charge in [0, 0.05) is 3.57 Å². The predicted octanol–water partition coefficient (Wildman–Crippen LogP) is 1.69. The van der Waals surface area contributed by atoms with Gasteiger partial charge in [0.05, 0.1) is 0 Å². The maximum absolute atomic E-state index is 13.0. The van der Waals surface area contributed by atoms with Gasteiger partial charge >= 0.3 is 5.97 Å². The van der Waals surface area contributed by atoms with E-state index < -0.39 is 17.3 Å². The minimum Gasteiger partial charge on any atom is -0.480 e. The molecule has 76 valence electrons. The molecule has 3 N–H and O–H groups in total. The van der Waals surface area contributed by atoms with Crippen molar-refractivity contribution < 1.29 is 14.3 Å². The summed E-state index contributed by atoms with van der Waals surface area (Å²) < 4.78 is 13.6. The highest BCUT2D eigenvalue weighted by molar-refractivity contribution is 14.1. The first-order valence-electron chi connectivity index (χ1n) is 3.83. The number of hydrogen-bond donors (Lipinski definition) is 2. The monoisotopic (exact) mass is 309 g/mol. The van der Waals surface area contributed by atoms with Crippen LogP contribution in [0.1, 0.15) is 12.5 Å². The first-order chi connectivity index (χ1) is 6.34. The first kappa shape index (κ1) is 11.4. The van der Waals surface area contributed by atoms with Gasteiger partial charge in [-0.05, 0) is 53.3 Å². The normalized spacial score (nSPS) is 14.9. The number of carboxylic acids is 1. The molecule has 5 heteroatoms. The van der Waals surface area contributed by atoms with E-state index >= 15 is 0 Å². The number of rotatable bonds is 2. The minimum atomic E-state index is -1.55. The van der Waals surface area contributed by atoms with Crippen LogP contribution in [0.2, 0.25) is 0 Å². The summed E-state index contributed by atoms with van der Waals surface area (Å²) in [6.45, 7) is 1.33. The van der Waals surface area contributed by atoms with Crippen LogP contribution in [0, 0.1) is 9.39 Å². The molecule has 0 amide bonds. The molecule has 0 spiro atoms. The molecule has 3 nitrogen and oxygen atoms in total. The van der Waals surface area contributed by atoms with Crippen LogP contribution in [-0.2, 0) is 10.3 Å².